The third-order valence-corrected chi connectivity index (χ3v) is 5.11. The van der Waals surface area contributed by atoms with Crippen LogP contribution >= 0.6 is 0 Å². The Balaban J connectivity index is 1.92. The lowest BCUT2D eigenvalue weighted by Gasteiger charge is -2.58. The van der Waals surface area contributed by atoms with Crippen molar-refractivity contribution in [2.75, 3.05) is 0 Å². The minimum atomic E-state index is 0.834. The normalized spacial score (nSPS) is 60.6. The molecule has 0 aliphatic heterocycles. The summed E-state index contributed by atoms with van der Waals surface area (Å²) >= 11 is 0. The molecule has 56 valence electrons. The van der Waals surface area contributed by atoms with Crippen LogP contribution in [0.15, 0.2) is 0 Å². The monoisotopic (exact) mass is 136 g/mol. The third kappa shape index (κ3) is 0.320. The van der Waals surface area contributed by atoms with Gasteiger partial charge in [-0.3, -0.25) is 0 Å². The molecule has 0 N–H and O–H groups in total. The first-order valence-electron chi connectivity index (χ1n) is 4.70. The van der Waals surface area contributed by atoms with Gasteiger partial charge in [0, 0.05) is 0 Å². The van der Waals surface area contributed by atoms with Crippen molar-refractivity contribution in [2.45, 2.75) is 39.5 Å². The SMILES string of the molecule is CC1C2(C)CC2C12CCC2. The van der Waals surface area contributed by atoms with Gasteiger partial charge in [-0.25, -0.2) is 0 Å². The highest BCUT2D eigenvalue weighted by atomic mass is 14.8. The molecule has 0 aromatic carbocycles. The average Bonchev–Trinajstić information content (AvgIpc) is 2.38. The molecule has 3 rings (SSSR count). The van der Waals surface area contributed by atoms with Crippen LogP contribution in [0.3, 0.4) is 0 Å². The Hall–Kier alpha value is 0. The van der Waals surface area contributed by atoms with E-state index < -0.39 is 0 Å². The summed E-state index contributed by atoms with van der Waals surface area (Å²) in [5.74, 6) is 2.24. The Morgan fingerprint density at radius 3 is 2.20 bits per heavy atom. The predicted octanol–water partition coefficient (Wildman–Crippen LogP) is 2.83. The van der Waals surface area contributed by atoms with E-state index in [4.69, 9.17) is 0 Å². The first kappa shape index (κ1) is 5.62. The molecule has 0 saturated heterocycles. The Labute approximate surface area is 63.0 Å². The van der Waals surface area contributed by atoms with Crippen LogP contribution in [0.4, 0.5) is 0 Å². The molecule has 0 heteroatoms. The van der Waals surface area contributed by atoms with E-state index in [0.29, 0.717) is 0 Å². The molecule has 3 aliphatic rings. The van der Waals surface area contributed by atoms with Gasteiger partial charge in [-0.15, -0.1) is 0 Å². The molecule has 1 spiro atoms. The second-order valence-corrected chi connectivity index (χ2v) is 5.07. The van der Waals surface area contributed by atoms with Gasteiger partial charge in [0.15, 0.2) is 0 Å². The van der Waals surface area contributed by atoms with Crippen LogP contribution in [0, 0.1) is 22.7 Å². The Morgan fingerprint density at radius 2 is 2.00 bits per heavy atom. The summed E-state index contributed by atoms with van der Waals surface area (Å²) in [4.78, 5) is 0. The average molecular weight is 136 g/mol. The van der Waals surface area contributed by atoms with Crippen LogP contribution in [-0.4, -0.2) is 0 Å². The second kappa shape index (κ2) is 1.19. The minimum Gasteiger partial charge on any atom is -0.0614 e. The van der Waals surface area contributed by atoms with Gasteiger partial charge >= 0.3 is 0 Å². The summed E-state index contributed by atoms with van der Waals surface area (Å²) in [5.41, 5.74) is 1.73. The van der Waals surface area contributed by atoms with Crippen molar-refractivity contribution in [3.63, 3.8) is 0 Å². The highest BCUT2D eigenvalue weighted by Gasteiger charge is 2.77. The molecule has 3 unspecified atom stereocenters. The van der Waals surface area contributed by atoms with Crippen molar-refractivity contribution >= 4 is 0 Å². The van der Waals surface area contributed by atoms with Crippen LogP contribution in [0.1, 0.15) is 39.5 Å². The molecule has 0 bridgehead atoms. The van der Waals surface area contributed by atoms with E-state index in [9.17, 15) is 0 Å². The Morgan fingerprint density at radius 1 is 1.30 bits per heavy atom. The van der Waals surface area contributed by atoms with Crippen LogP contribution in [0.2, 0.25) is 0 Å². The summed E-state index contributed by atoms with van der Waals surface area (Å²) in [7, 11) is 0. The molecule has 3 fully saturated rings. The van der Waals surface area contributed by atoms with Gasteiger partial charge in [0.05, 0.1) is 0 Å². The third-order valence-electron chi connectivity index (χ3n) is 5.11. The topological polar surface area (TPSA) is 0 Å². The maximum atomic E-state index is 2.49. The van der Waals surface area contributed by atoms with Crippen molar-refractivity contribution in [2.24, 2.45) is 22.7 Å². The molecular formula is C10H16. The van der Waals surface area contributed by atoms with Gasteiger partial charge in [0.2, 0.25) is 0 Å². The van der Waals surface area contributed by atoms with E-state index >= 15 is 0 Å². The summed E-state index contributed by atoms with van der Waals surface area (Å²) < 4.78 is 0. The lowest BCUT2D eigenvalue weighted by molar-refractivity contribution is -0.0959. The molecule has 0 nitrogen and oxygen atoms in total. The molecule has 0 radical (unpaired) electrons. The molecule has 0 aromatic rings. The summed E-state index contributed by atoms with van der Waals surface area (Å²) in [6.45, 7) is 4.98. The van der Waals surface area contributed by atoms with Crippen LogP contribution in [0.5, 0.6) is 0 Å². The van der Waals surface area contributed by atoms with Crippen LogP contribution < -0.4 is 0 Å². The molecular weight excluding hydrogens is 120 g/mol. The Kier molecular flexibility index (Phi) is 0.669. The zero-order chi connectivity index (χ0) is 6.98. The molecule has 0 heterocycles. The van der Waals surface area contributed by atoms with E-state index in [0.717, 1.165) is 16.7 Å². The van der Waals surface area contributed by atoms with E-state index in [1.54, 1.807) is 19.3 Å². The lowest BCUT2D eigenvalue weighted by atomic mass is 9.46. The van der Waals surface area contributed by atoms with Gasteiger partial charge in [-0.1, -0.05) is 20.3 Å². The van der Waals surface area contributed by atoms with Crippen molar-refractivity contribution in [1.29, 1.82) is 0 Å². The van der Waals surface area contributed by atoms with E-state index in [2.05, 4.69) is 13.8 Å². The maximum Gasteiger partial charge on any atom is -0.0233 e. The number of fused-ring (bicyclic) bond motifs is 2. The standard InChI is InChI=1S/C10H16/c1-7-9(2)6-8(9)10(7)4-3-5-10/h7-8H,3-6H2,1-2H3. The van der Waals surface area contributed by atoms with E-state index in [1.165, 1.54) is 12.3 Å². The van der Waals surface area contributed by atoms with Crippen molar-refractivity contribution in [3.05, 3.63) is 0 Å². The fourth-order valence-electron chi connectivity index (χ4n) is 3.95. The first-order valence-corrected chi connectivity index (χ1v) is 4.70. The van der Waals surface area contributed by atoms with E-state index in [-0.39, 0.29) is 0 Å². The largest absolute Gasteiger partial charge is 0.0614 e. The van der Waals surface area contributed by atoms with Gasteiger partial charge < -0.3 is 0 Å². The number of hydrogen-bond acceptors (Lipinski definition) is 0. The first-order chi connectivity index (χ1) is 4.70. The molecule has 3 atom stereocenters. The minimum absolute atomic E-state index is 0.834. The lowest BCUT2D eigenvalue weighted by Crippen LogP contribution is -2.51. The maximum absolute atomic E-state index is 2.49. The summed E-state index contributed by atoms with van der Waals surface area (Å²) in [6, 6.07) is 0. The highest BCUT2D eigenvalue weighted by molar-refractivity contribution is 5.25. The molecule has 3 aliphatic carbocycles. The number of rotatable bonds is 0. The zero-order valence-electron chi connectivity index (χ0n) is 6.98. The quantitative estimate of drug-likeness (QED) is 0.480. The zero-order valence-corrected chi connectivity index (χ0v) is 6.98. The second-order valence-electron chi connectivity index (χ2n) is 5.07. The van der Waals surface area contributed by atoms with Crippen molar-refractivity contribution < 1.29 is 0 Å². The van der Waals surface area contributed by atoms with Crippen molar-refractivity contribution in [3.8, 4) is 0 Å². The fourth-order valence-corrected chi connectivity index (χ4v) is 3.95. The van der Waals surface area contributed by atoms with Crippen LogP contribution in [-0.2, 0) is 0 Å². The molecule has 10 heavy (non-hydrogen) atoms. The van der Waals surface area contributed by atoms with Crippen LogP contribution in [0.25, 0.3) is 0 Å². The molecule has 0 amide bonds. The van der Waals surface area contributed by atoms with Gasteiger partial charge in [-0.2, -0.15) is 0 Å². The molecule has 3 saturated carbocycles. The molecule has 0 aromatic heterocycles. The smallest absolute Gasteiger partial charge is 0.0233 e. The highest BCUT2D eigenvalue weighted by Crippen LogP contribution is 2.84. The van der Waals surface area contributed by atoms with Gasteiger partial charge in [-0.05, 0) is 41.9 Å². The summed E-state index contributed by atoms with van der Waals surface area (Å²) in [6.07, 6.45) is 6.22. The van der Waals surface area contributed by atoms with Crippen molar-refractivity contribution in [1.82, 2.24) is 0 Å². The Bertz CT molecular complexity index is 190. The summed E-state index contributed by atoms with van der Waals surface area (Å²) in [5, 5.41) is 0. The fraction of sp³-hybridized carbons (Fsp3) is 1.00. The van der Waals surface area contributed by atoms with E-state index in [1.807, 2.05) is 0 Å². The van der Waals surface area contributed by atoms with Gasteiger partial charge in [0.1, 0.15) is 0 Å². The number of hydrogen-bond donors (Lipinski definition) is 0. The predicted molar refractivity (Wildman–Crippen MR) is 41.7 cm³/mol. The van der Waals surface area contributed by atoms with Gasteiger partial charge in [0.25, 0.3) is 0 Å².